The molecular weight excluding hydrogens is 332 g/mol. The molecule has 128 valence electrons. The lowest BCUT2D eigenvalue weighted by Crippen LogP contribution is -2.13. The van der Waals surface area contributed by atoms with Gasteiger partial charge < -0.3 is 10.1 Å². The number of benzene rings is 2. The second kappa shape index (κ2) is 7.49. The van der Waals surface area contributed by atoms with Crippen LogP contribution in [-0.4, -0.2) is 10.9 Å². The molecule has 0 saturated carbocycles. The van der Waals surface area contributed by atoms with Gasteiger partial charge in [0.2, 0.25) is 0 Å². The number of aryl methyl sites for hydroxylation is 2. The van der Waals surface area contributed by atoms with Crippen LogP contribution in [0.2, 0.25) is 0 Å². The number of amides is 1. The average molecular weight is 352 g/mol. The predicted molar refractivity (Wildman–Crippen MR) is 101 cm³/mol. The molecule has 0 saturated heterocycles. The molecule has 0 bridgehead atoms. The van der Waals surface area contributed by atoms with Crippen molar-refractivity contribution in [1.29, 1.82) is 0 Å². The van der Waals surface area contributed by atoms with Crippen LogP contribution in [0.4, 0.5) is 5.69 Å². The lowest BCUT2D eigenvalue weighted by molar-refractivity contribution is 0.102. The van der Waals surface area contributed by atoms with E-state index in [2.05, 4.69) is 10.3 Å². The number of ether oxygens (including phenoxy) is 1. The van der Waals surface area contributed by atoms with E-state index >= 15 is 0 Å². The number of anilines is 1. The van der Waals surface area contributed by atoms with E-state index in [-0.39, 0.29) is 5.91 Å². The maximum Gasteiger partial charge on any atom is 0.275 e. The molecule has 0 atom stereocenters. The van der Waals surface area contributed by atoms with Crippen LogP contribution in [0, 0.1) is 20.8 Å². The molecule has 0 aliphatic carbocycles. The van der Waals surface area contributed by atoms with E-state index < -0.39 is 0 Å². The van der Waals surface area contributed by atoms with Crippen LogP contribution in [-0.2, 0) is 6.61 Å². The van der Waals surface area contributed by atoms with Gasteiger partial charge in [0.05, 0.1) is 0 Å². The number of nitrogens with one attached hydrogen (secondary N) is 1. The second-order valence-corrected chi connectivity index (χ2v) is 6.87. The summed E-state index contributed by atoms with van der Waals surface area (Å²) in [5.74, 6) is 0.591. The molecule has 0 aliphatic rings. The first kappa shape index (κ1) is 17.2. The number of hydrogen-bond acceptors (Lipinski definition) is 4. The van der Waals surface area contributed by atoms with Crippen molar-refractivity contribution in [2.45, 2.75) is 27.4 Å². The zero-order valence-electron chi connectivity index (χ0n) is 14.5. The van der Waals surface area contributed by atoms with Crippen LogP contribution in [0.1, 0.15) is 32.2 Å². The predicted octanol–water partition coefficient (Wildman–Crippen LogP) is 4.90. The van der Waals surface area contributed by atoms with E-state index in [1.54, 1.807) is 5.38 Å². The number of hydrogen-bond donors (Lipinski definition) is 1. The van der Waals surface area contributed by atoms with Crippen molar-refractivity contribution >= 4 is 22.9 Å². The van der Waals surface area contributed by atoms with Gasteiger partial charge in [0.25, 0.3) is 5.91 Å². The highest BCUT2D eigenvalue weighted by Gasteiger charge is 2.13. The molecule has 2 aromatic carbocycles. The van der Waals surface area contributed by atoms with Gasteiger partial charge in [-0.2, -0.15) is 0 Å². The van der Waals surface area contributed by atoms with Crippen molar-refractivity contribution in [3.8, 4) is 5.75 Å². The molecule has 1 aromatic heterocycles. The maximum absolute atomic E-state index is 12.4. The summed E-state index contributed by atoms with van der Waals surface area (Å²) in [5, 5.41) is 5.45. The van der Waals surface area contributed by atoms with Gasteiger partial charge in [-0.25, -0.2) is 4.98 Å². The minimum absolute atomic E-state index is 0.202. The zero-order valence-corrected chi connectivity index (χ0v) is 15.3. The average Bonchev–Trinajstić information content (AvgIpc) is 3.08. The summed E-state index contributed by atoms with van der Waals surface area (Å²) >= 11 is 1.42. The first-order chi connectivity index (χ1) is 12.0. The van der Waals surface area contributed by atoms with E-state index in [9.17, 15) is 4.79 Å². The molecule has 0 fully saturated rings. The highest BCUT2D eigenvalue weighted by Crippen LogP contribution is 2.20. The van der Waals surface area contributed by atoms with Gasteiger partial charge in [0.15, 0.2) is 0 Å². The molecule has 0 unspecified atom stereocenters. The fourth-order valence-corrected chi connectivity index (χ4v) is 3.02. The number of carbonyl (C=O) groups excluding carboxylic acids is 1. The summed E-state index contributed by atoms with van der Waals surface area (Å²) in [6.45, 7) is 6.40. The van der Waals surface area contributed by atoms with Crippen molar-refractivity contribution in [1.82, 2.24) is 4.98 Å². The summed E-state index contributed by atoms with van der Waals surface area (Å²) < 4.78 is 5.71. The lowest BCUT2D eigenvalue weighted by Gasteiger charge is -2.09. The topological polar surface area (TPSA) is 51.2 Å². The van der Waals surface area contributed by atoms with E-state index in [1.807, 2.05) is 63.2 Å². The normalized spacial score (nSPS) is 10.5. The first-order valence-electron chi connectivity index (χ1n) is 8.04. The molecular formula is C20H20N2O2S. The lowest BCUT2D eigenvalue weighted by atomic mass is 10.1. The Morgan fingerprint density at radius 2 is 1.88 bits per heavy atom. The third kappa shape index (κ3) is 4.25. The minimum Gasteiger partial charge on any atom is -0.486 e. The Balaban J connectivity index is 1.63. The molecule has 1 heterocycles. The Kier molecular flexibility index (Phi) is 5.14. The van der Waals surface area contributed by atoms with E-state index in [0.717, 1.165) is 27.6 Å². The SMILES string of the molecule is Cc1ccc(OCc2nc(C(=O)Nc3cccc(C)c3C)cs2)cc1. The summed E-state index contributed by atoms with van der Waals surface area (Å²) in [7, 11) is 0. The minimum atomic E-state index is -0.202. The Labute approximate surface area is 151 Å². The largest absolute Gasteiger partial charge is 0.486 e. The van der Waals surface area contributed by atoms with E-state index in [4.69, 9.17) is 4.74 Å². The van der Waals surface area contributed by atoms with E-state index in [0.29, 0.717) is 12.3 Å². The third-order valence-corrected chi connectivity index (χ3v) is 4.84. The molecule has 4 nitrogen and oxygen atoms in total. The number of thiazole rings is 1. The third-order valence-electron chi connectivity index (χ3n) is 4.02. The molecule has 25 heavy (non-hydrogen) atoms. The Morgan fingerprint density at radius 1 is 1.12 bits per heavy atom. The summed E-state index contributed by atoms with van der Waals surface area (Å²) in [4.78, 5) is 16.8. The molecule has 0 aliphatic heterocycles. The molecule has 3 aromatic rings. The molecule has 0 spiro atoms. The molecule has 1 amide bonds. The van der Waals surface area contributed by atoms with Gasteiger partial charge in [-0.15, -0.1) is 11.3 Å². The van der Waals surface area contributed by atoms with Gasteiger partial charge in [0, 0.05) is 11.1 Å². The van der Waals surface area contributed by atoms with Crippen molar-refractivity contribution < 1.29 is 9.53 Å². The fourth-order valence-electron chi connectivity index (χ4n) is 2.33. The number of rotatable bonds is 5. The Bertz CT molecular complexity index is 885. The van der Waals surface area contributed by atoms with Crippen LogP contribution in [0.25, 0.3) is 0 Å². The van der Waals surface area contributed by atoms with Gasteiger partial charge in [-0.3, -0.25) is 4.79 Å². The molecule has 1 N–H and O–H groups in total. The smallest absolute Gasteiger partial charge is 0.275 e. The standard InChI is InChI=1S/C20H20N2O2S/c1-13-7-9-16(10-8-13)24-11-19-21-18(12-25-19)20(23)22-17-6-4-5-14(2)15(17)3/h4-10,12H,11H2,1-3H3,(H,22,23). The van der Waals surface area contributed by atoms with Gasteiger partial charge in [0.1, 0.15) is 23.1 Å². The molecule has 3 rings (SSSR count). The molecule has 0 radical (unpaired) electrons. The summed E-state index contributed by atoms with van der Waals surface area (Å²) in [5.41, 5.74) is 4.62. The summed E-state index contributed by atoms with van der Waals surface area (Å²) in [6, 6.07) is 13.7. The van der Waals surface area contributed by atoms with Crippen LogP contribution < -0.4 is 10.1 Å². The highest BCUT2D eigenvalue weighted by molar-refractivity contribution is 7.09. The Hall–Kier alpha value is -2.66. The quantitative estimate of drug-likeness (QED) is 0.710. The van der Waals surface area contributed by atoms with Crippen LogP contribution in [0.3, 0.4) is 0 Å². The van der Waals surface area contributed by atoms with Crippen molar-refractivity contribution in [2.24, 2.45) is 0 Å². The van der Waals surface area contributed by atoms with Gasteiger partial charge in [-0.05, 0) is 50.1 Å². The number of aromatic nitrogens is 1. The maximum atomic E-state index is 12.4. The monoisotopic (exact) mass is 352 g/mol. The van der Waals surface area contributed by atoms with Crippen molar-refractivity contribution in [3.05, 3.63) is 75.2 Å². The van der Waals surface area contributed by atoms with Crippen LogP contribution in [0.5, 0.6) is 5.75 Å². The van der Waals surface area contributed by atoms with E-state index in [1.165, 1.54) is 16.9 Å². The van der Waals surface area contributed by atoms with Gasteiger partial charge in [-0.1, -0.05) is 29.8 Å². The summed E-state index contributed by atoms with van der Waals surface area (Å²) in [6.07, 6.45) is 0. The number of carbonyl (C=O) groups is 1. The second-order valence-electron chi connectivity index (χ2n) is 5.93. The number of nitrogens with zero attached hydrogens (tertiary/aromatic N) is 1. The van der Waals surface area contributed by atoms with Crippen molar-refractivity contribution in [2.75, 3.05) is 5.32 Å². The van der Waals surface area contributed by atoms with Gasteiger partial charge >= 0.3 is 0 Å². The van der Waals surface area contributed by atoms with Crippen molar-refractivity contribution in [3.63, 3.8) is 0 Å². The molecule has 5 heteroatoms. The highest BCUT2D eigenvalue weighted by atomic mass is 32.1. The fraction of sp³-hybridized carbons (Fsp3) is 0.200. The Morgan fingerprint density at radius 3 is 2.64 bits per heavy atom. The van der Waals surface area contributed by atoms with Crippen LogP contribution >= 0.6 is 11.3 Å². The van der Waals surface area contributed by atoms with Crippen LogP contribution in [0.15, 0.2) is 47.8 Å². The zero-order chi connectivity index (χ0) is 17.8. The first-order valence-corrected chi connectivity index (χ1v) is 8.92.